The standard InChI is InChI=1S/C16H23ClN2O/c1-15(2)7-11(8-16(3,4)10-15)19-14(20)12-5-6-18-9-13(12)17/h5-6,9,11H,7-8,10H2,1-4H3,(H,19,20). The van der Waals surface area contributed by atoms with Crippen molar-refractivity contribution in [1.29, 1.82) is 0 Å². The number of carbonyl (C=O) groups is 1. The lowest BCUT2D eigenvalue weighted by Crippen LogP contribution is -2.46. The topological polar surface area (TPSA) is 42.0 Å². The SMILES string of the molecule is CC1(C)CC(NC(=O)c2ccncc2Cl)CC(C)(C)C1. The van der Waals surface area contributed by atoms with Gasteiger partial charge in [0.25, 0.3) is 5.91 Å². The molecule has 1 aromatic rings. The largest absolute Gasteiger partial charge is 0.349 e. The summed E-state index contributed by atoms with van der Waals surface area (Å²) in [5, 5.41) is 3.54. The van der Waals surface area contributed by atoms with Gasteiger partial charge in [-0.05, 0) is 36.2 Å². The third kappa shape index (κ3) is 3.72. The fourth-order valence-corrected chi connectivity index (χ4v) is 3.98. The highest BCUT2D eigenvalue weighted by Gasteiger charge is 2.39. The fraction of sp³-hybridized carbons (Fsp3) is 0.625. The summed E-state index contributed by atoms with van der Waals surface area (Å²) in [5.74, 6) is -0.101. The van der Waals surface area contributed by atoms with Crippen LogP contribution in [0.2, 0.25) is 5.02 Å². The zero-order valence-electron chi connectivity index (χ0n) is 12.7. The van der Waals surface area contributed by atoms with Crippen molar-refractivity contribution in [1.82, 2.24) is 10.3 Å². The van der Waals surface area contributed by atoms with E-state index in [1.807, 2.05) is 0 Å². The molecule has 0 saturated heterocycles. The summed E-state index contributed by atoms with van der Waals surface area (Å²) in [5.41, 5.74) is 1.01. The average molecular weight is 295 g/mol. The van der Waals surface area contributed by atoms with Crippen molar-refractivity contribution < 1.29 is 4.79 Å². The zero-order chi connectivity index (χ0) is 15.0. The molecular formula is C16H23ClN2O. The molecule has 0 spiro atoms. The van der Waals surface area contributed by atoms with E-state index in [1.54, 1.807) is 12.3 Å². The molecule has 1 fully saturated rings. The molecule has 1 aliphatic carbocycles. The molecule has 4 heteroatoms. The second-order valence-electron chi connectivity index (χ2n) is 7.44. The number of carbonyl (C=O) groups excluding carboxylic acids is 1. The number of pyridine rings is 1. The van der Waals surface area contributed by atoms with Crippen LogP contribution in [0.3, 0.4) is 0 Å². The van der Waals surface area contributed by atoms with E-state index in [1.165, 1.54) is 12.6 Å². The molecule has 2 rings (SSSR count). The van der Waals surface area contributed by atoms with Gasteiger partial charge >= 0.3 is 0 Å². The number of amides is 1. The van der Waals surface area contributed by atoms with Gasteiger partial charge in [0.15, 0.2) is 0 Å². The van der Waals surface area contributed by atoms with E-state index < -0.39 is 0 Å². The minimum absolute atomic E-state index is 0.101. The van der Waals surface area contributed by atoms with Crippen LogP contribution in [0.1, 0.15) is 57.3 Å². The van der Waals surface area contributed by atoms with Gasteiger partial charge in [0.1, 0.15) is 0 Å². The van der Waals surface area contributed by atoms with Gasteiger partial charge in [-0.25, -0.2) is 0 Å². The summed E-state index contributed by atoms with van der Waals surface area (Å²) in [7, 11) is 0. The highest BCUT2D eigenvalue weighted by atomic mass is 35.5. The van der Waals surface area contributed by atoms with E-state index in [9.17, 15) is 4.79 Å². The van der Waals surface area contributed by atoms with E-state index in [4.69, 9.17) is 11.6 Å². The van der Waals surface area contributed by atoms with Gasteiger partial charge in [-0.1, -0.05) is 39.3 Å². The molecule has 0 atom stereocenters. The number of nitrogens with one attached hydrogen (secondary N) is 1. The molecule has 20 heavy (non-hydrogen) atoms. The second kappa shape index (κ2) is 5.36. The van der Waals surface area contributed by atoms with Crippen LogP contribution in [-0.2, 0) is 0 Å². The van der Waals surface area contributed by atoms with E-state index in [0.29, 0.717) is 10.6 Å². The normalized spacial score (nSPS) is 21.4. The number of nitrogens with zero attached hydrogens (tertiary/aromatic N) is 1. The zero-order valence-corrected chi connectivity index (χ0v) is 13.4. The summed E-state index contributed by atoms with van der Waals surface area (Å²) >= 11 is 6.03. The third-order valence-corrected chi connectivity index (χ3v) is 4.21. The van der Waals surface area contributed by atoms with E-state index >= 15 is 0 Å². The lowest BCUT2D eigenvalue weighted by atomic mass is 9.63. The first-order chi connectivity index (χ1) is 9.19. The Kier molecular flexibility index (Phi) is 4.10. The van der Waals surface area contributed by atoms with Crippen molar-refractivity contribution in [3.63, 3.8) is 0 Å². The first-order valence-electron chi connectivity index (χ1n) is 7.09. The molecule has 1 aliphatic rings. The monoisotopic (exact) mass is 294 g/mol. The van der Waals surface area contributed by atoms with Crippen LogP contribution in [0.15, 0.2) is 18.5 Å². The minimum Gasteiger partial charge on any atom is -0.349 e. The Hall–Kier alpha value is -1.09. The van der Waals surface area contributed by atoms with Crippen LogP contribution in [0.5, 0.6) is 0 Å². The van der Waals surface area contributed by atoms with Gasteiger partial charge in [0, 0.05) is 18.4 Å². The Morgan fingerprint density at radius 2 is 1.90 bits per heavy atom. The van der Waals surface area contributed by atoms with Crippen LogP contribution >= 0.6 is 11.6 Å². The molecule has 0 bridgehead atoms. The molecule has 1 amide bonds. The smallest absolute Gasteiger partial charge is 0.253 e. The van der Waals surface area contributed by atoms with E-state index in [0.717, 1.165) is 12.8 Å². The van der Waals surface area contributed by atoms with E-state index in [-0.39, 0.29) is 22.8 Å². The van der Waals surface area contributed by atoms with Crippen molar-refractivity contribution in [3.05, 3.63) is 29.0 Å². The van der Waals surface area contributed by atoms with Gasteiger partial charge in [0.05, 0.1) is 10.6 Å². The molecule has 1 heterocycles. The van der Waals surface area contributed by atoms with Crippen LogP contribution in [0.25, 0.3) is 0 Å². The predicted molar refractivity (Wildman–Crippen MR) is 81.9 cm³/mol. The Labute approximate surface area is 126 Å². The number of hydrogen-bond acceptors (Lipinski definition) is 2. The van der Waals surface area contributed by atoms with Crippen molar-refractivity contribution in [2.45, 2.75) is 53.0 Å². The Balaban J connectivity index is 2.10. The van der Waals surface area contributed by atoms with Crippen molar-refractivity contribution >= 4 is 17.5 Å². The van der Waals surface area contributed by atoms with Crippen LogP contribution in [0, 0.1) is 10.8 Å². The lowest BCUT2D eigenvalue weighted by Gasteiger charge is -2.45. The summed E-state index contributed by atoms with van der Waals surface area (Å²) in [6, 6.07) is 1.86. The predicted octanol–water partition coefficient (Wildman–Crippen LogP) is 4.07. The van der Waals surface area contributed by atoms with Gasteiger partial charge in [-0.2, -0.15) is 0 Å². The Morgan fingerprint density at radius 3 is 2.45 bits per heavy atom. The van der Waals surface area contributed by atoms with Gasteiger partial charge in [-0.15, -0.1) is 0 Å². The molecule has 1 saturated carbocycles. The summed E-state index contributed by atoms with van der Waals surface area (Å²) < 4.78 is 0. The number of hydrogen-bond donors (Lipinski definition) is 1. The molecule has 1 N–H and O–H groups in total. The first-order valence-corrected chi connectivity index (χ1v) is 7.47. The number of rotatable bonds is 2. The minimum atomic E-state index is -0.101. The molecule has 0 aromatic carbocycles. The maximum absolute atomic E-state index is 12.3. The summed E-state index contributed by atoms with van der Waals surface area (Å²) in [6.45, 7) is 9.08. The summed E-state index contributed by atoms with van der Waals surface area (Å²) in [6.07, 6.45) is 6.29. The molecule has 0 radical (unpaired) electrons. The molecule has 1 aromatic heterocycles. The highest BCUT2D eigenvalue weighted by Crippen LogP contribution is 2.45. The van der Waals surface area contributed by atoms with Gasteiger partial charge in [0.2, 0.25) is 0 Å². The Morgan fingerprint density at radius 1 is 1.30 bits per heavy atom. The first kappa shape index (κ1) is 15.3. The van der Waals surface area contributed by atoms with Crippen LogP contribution in [-0.4, -0.2) is 16.9 Å². The quantitative estimate of drug-likeness (QED) is 0.893. The maximum Gasteiger partial charge on any atom is 0.253 e. The molecule has 110 valence electrons. The van der Waals surface area contributed by atoms with Crippen LogP contribution < -0.4 is 5.32 Å². The average Bonchev–Trinajstić information content (AvgIpc) is 2.24. The fourth-order valence-electron chi connectivity index (χ4n) is 3.77. The number of halogens is 1. The van der Waals surface area contributed by atoms with Crippen molar-refractivity contribution in [2.24, 2.45) is 10.8 Å². The molecule has 0 unspecified atom stereocenters. The third-order valence-electron chi connectivity index (χ3n) is 3.91. The van der Waals surface area contributed by atoms with Crippen molar-refractivity contribution in [2.75, 3.05) is 0 Å². The second-order valence-corrected chi connectivity index (χ2v) is 7.85. The summed E-state index contributed by atoms with van der Waals surface area (Å²) in [4.78, 5) is 16.2. The number of aromatic nitrogens is 1. The van der Waals surface area contributed by atoms with Crippen molar-refractivity contribution in [3.8, 4) is 0 Å². The molecule has 0 aliphatic heterocycles. The maximum atomic E-state index is 12.3. The highest BCUT2D eigenvalue weighted by molar-refractivity contribution is 6.33. The molecule has 3 nitrogen and oxygen atoms in total. The van der Waals surface area contributed by atoms with Gasteiger partial charge < -0.3 is 5.32 Å². The molecular weight excluding hydrogens is 272 g/mol. The van der Waals surface area contributed by atoms with E-state index in [2.05, 4.69) is 38.0 Å². The van der Waals surface area contributed by atoms with Gasteiger partial charge in [-0.3, -0.25) is 9.78 Å². The lowest BCUT2D eigenvalue weighted by molar-refractivity contribution is 0.0713. The van der Waals surface area contributed by atoms with Crippen LogP contribution in [0.4, 0.5) is 0 Å². The Bertz CT molecular complexity index is 495.